The molecule has 0 saturated carbocycles. The van der Waals surface area contributed by atoms with Gasteiger partial charge in [-0.1, -0.05) is 41.9 Å². The smallest absolute Gasteiger partial charge is 0.168 e. The van der Waals surface area contributed by atoms with Crippen molar-refractivity contribution in [1.29, 1.82) is 0 Å². The van der Waals surface area contributed by atoms with Crippen molar-refractivity contribution in [2.24, 2.45) is 0 Å². The number of nitrogens with zero attached hydrogens (tertiary/aromatic N) is 1. The number of rotatable bonds is 6. The average Bonchev–Trinajstić information content (AvgIpc) is 2.61. The summed E-state index contributed by atoms with van der Waals surface area (Å²) in [6.45, 7) is 0. The molecular weight excluding hydrogens is 400 g/mol. The first-order valence-corrected chi connectivity index (χ1v) is 9.17. The van der Waals surface area contributed by atoms with E-state index in [1.54, 1.807) is 6.20 Å². The zero-order valence-electron chi connectivity index (χ0n) is 13.5. The van der Waals surface area contributed by atoms with E-state index in [2.05, 4.69) is 32.3 Å². The molecule has 3 nitrogen and oxygen atoms in total. The number of anilines is 1. The van der Waals surface area contributed by atoms with Gasteiger partial charge >= 0.3 is 0 Å². The van der Waals surface area contributed by atoms with Crippen LogP contribution >= 0.6 is 27.5 Å². The van der Waals surface area contributed by atoms with E-state index < -0.39 is 6.23 Å². The Balaban J connectivity index is 1.77. The molecule has 0 saturated heterocycles. The number of benzene rings is 2. The second kappa shape index (κ2) is 8.48. The van der Waals surface area contributed by atoms with Crippen LogP contribution in [0.2, 0.25) is 5.02 Å². The van der Waals surface area contributed by atoms with E-state index in [-0.39, 0.29) is 0 Å². The molecule has 2 N–H and O–H groups in total. The lowest BCUT2D eigenvalue weighted by atomic mass is 10.0. The van der Waals surface area contributed by atoms with Gasteiger partial charge in [0.25, 0.3) is 0 Å². The van der Waals surface area contributed by atoms with Gasteiger partial charge in [-0.15, -0.1) is 0 Å². The van der Waals surface area contributed by atoms with Gasteiger partial charge in [0, 0.05) is 21.4 Å². The fraction of sp³-hybridized carbons (Fsp3) is 0.150. The maximum Gasteiger partial charge on any atom is 0.168 e. The molecule has 1 aromatic heterocycles. The number of halogens is 2. The normalized spacial score (nSPS) is 12.0. The van der Waals surface area contributed by atoms with Crippen LogP contribution in [0.4, 0.5) is 5.69 Å². The van der Waals surface area contributed by atoms with E-state index in [0.717, 1.165) is 39.2 Å². The summed E-state index contributed by atoms with van der Waals surface area (Å²) in [6.07, 6.45) is 2.41. The number of aliphatic hydroxyl groups excluding tert-OH is 1. The minimum absolute atomic E-state index is 0.633. The zero-order valence-corrected chi connectivity index (χ0v) is 15.8. The molecule has 1 atom stereocenters. The Morgan fingerprint density at radius 1 is 1.04 bits per heavy atom. The van der Waals surface area contributed by atoms with E-state index in [4.69, 9.17) is 11.6 Å². The fourth-order valence-electron chi connectivity index (χ4n) is 2.67. The number of aryl methyl sites for hydroxylation is 2. The lowest BCUT2D eigenvalue weighted by Crippen LogP contribution is -2.14. The molecule has 0 fully saturated rings. The van der Waals surface area contributed by atoms with E-state index in [1.165, 1.54) is 0 Å². The number of hydrogen-bond donors (Lipinski definition) is 2. The predicted molar refractivity (Wildman–Crippen MR) is 106 cm³/mol. The molecular formula is C20H18BrClN2O. The number of aliphatic hydroxyl groups is 1. The Kier molecular flexibility index (Phi) is 6.08. The molecule has 128 valence electrons. The Morgan fingerprint density at radius 3 is 2.60 bits per heavy atom. The van der Waals surface area contributed by atoms with Crippen LogP contribution in [0.5, 0.6) is 0 Å². The van der Waals surface area contributed by atoms with Gasteiger partial charge in [-0.25, -0.2) is 0 Å². The highest BCUT2D eigenvalue weighted by Crippen LogP contribution is 2.23. The van der Waals surface area contributed by atoms with Crippen molar-refractivity contribution < 1.29 is 5.11 Å². The summed E-state index contributed by atoms with van der Waals surface area (Å²) < 4.78 is 0.893. The van der Waals surface area contributed by atoms with Crippen LogP contribution in [-0.4, -0.2) is 10.1 Å². The SMILES string of the molecule is OC(Nc1ccccc1)c1ncc(Br)cc1CCc1cccc(Cl)c1. The van der Waals surface area contributed by atoms with Gasteiger partial charge < -0.3 is 10.4 Å². The number of nitrogens with one attached hydrogen (secondary N) is 1. The standard InChI is InChI=1S/C20H18BrClN2O/c21-16-12-15(10-9-14-5-4-6-17(22)11-14)19(23-13-16)20(25)24-18-7-2-1-3-8-18/h1-8,11-13,20,24-25H,9-10H2. The molecule has 0 spiro atoms. The summed E-state index contributed by atoms with van der Waals surface area (Å²) in [5.74, 6) is 0. The van der Waals surface area contributed by atoms with Crippen LogP contribution in [0, 0.1) is 0 Å². The summed E-state index contributed by atoms with van der Waals surface area (Å²) >= 11 is 9.52. The van der Waals surface area contributed by atoms with Crippen molar-refractivity contribution >= 4 is 33.2 Å². The largest absolute Gasteiger partial charge is 0.368 e. The third-order valence-corrected chi connectivity index (χ3v) is 4.55. The summed E-state index contributed by atoms with van der Waals surface area (Å²) in [4.78, 5) is 4.42. The first-order chi connectivity index (χ1) is 12.1. The second-order valence-electron chi connectivity index (χ2n) is 5.74. The fourth-order valence-corrected chi connectivity index (χ4v) is 3.26. The van der Waals surface area contributed by atoms with Crippen LogP contribution in [-0.2, 0) is 12.8 Å². The topological polar surface area (TPSA) is 45.1 Å². The van der Waals surface area contributed by atoms with Gasteiger partial charge in [0.15, 0.2) is 6.23 Å². The molecule has 0 aliphatic carbocycles. The van der Waals surface area contributed by atoms with Crippen molar-refractivity contribution in [2.45, 2.75) is 19.1 Å². The molecule has 5 heteroatoms. The third kappa shape index (κ3) is 5.05. The van der Waals surface area contributed by atoms with Crippen LogP contribution in [0.3, 0.4) is 0 Å². The van der Waals surface area contributed by atoms with Gasteiger partial charge in [0.05, 0.1) is 5.69 Å². The molecule has 3 rings (SSSR count). The molecule has 2 aromatic carbocycles. The van der Waals surface area contributed by atoms with E-state index in [1.807, 2.05) is 54.6 Å². The monoisotopic (exact) mass is 416 g/mol. The van der Waals surface area contributed by atoms with Crippen molar-refractivity contribution in [3.8, 4) is 0 Å². The molecule has 0 aliphatic rings. The Labute approximate surface area is 160 Å². The first kappa shape index (κ1) is 17.9. The zero-order chi connectivity index (χ0) is 17.6. The summed E-state index contributed by atoms with van der Waals surface area (Å²) in [7, 11) is 0. The maximum absolute atomic E-state index is 10.6. The van der Waals surface area contributed by atoms with Crippen LogP contribution in [0.15, 0.2) is 71.3 Å². The number of para-hydroxylation sites is 1. The minimum Gasteiger partial charge on any atom is -0.368 e. The highest BCUT2D eigenvalue weighted by atomic mass is 79.9. The van der Waals surface area contributed by atoms with E-state index >= 15 is 0 Å². The van der Waals surface area contributed by atoms with Crippen molar-refractivity contribution in [3.05, 3.63) is 93.2 Å². The number of aromatic nitrogens is 1. The van der Waals surface area contributed by atoms with Crippen LogP contribution < -0.4 is 5.32 Å². The van der Waals surface area contributed by atoms with Gasteiger partial charge in [0.2, 0.25) is 0 Å². The van der Waals surface area contributed by atoms with Crippen LogP contribution in [0.25, 0.3) is 0 Å². The molecule has 1 heterocycles. The molecule has 25 heavy (non-hydrogen) atoms. The van der Waals surface area contributed by atoms with Crippen molar-refractivity contribution in [3.63, 3.8) is 0 Å². The third-order valence-electron chi connectivity index (χ3n) is 3.88. The van der Waals surface area contributed by atoms with Crippen molar-refractivity contribution in [2.75, 3.05) is 5.32 Å². The van der Waals surface area contributed by atoms with E-state index in [9.17, 15) is 5.11 Å². The first-order valence-electron chi connectivity index (χ1n) is 8.00. The Hall–Kier alpha value is -1.88. The predicted octanol–water partition coefficient (Wildman–Crippen LogP) is 5.39. The van der Waals surface area contributed by atoms with Crippen LogP contribution in [0.1, 0.15) is 23.0 Å². The number of hydrogen-bond acceptors (Lipinski definition) is 3. The molecule has 0 aliphatic heterocycles. The minimum atomic E-state index is -0.870. The van der Waals surface area contributed by atoms with Gasteiger partial charge in [-0.3, -0.25) is 4.98 Å². The van der Waals surface area contributed by atoms with E-state index in [0.29, 0.717) is 5.69 Å². The van der Waals surface area contributed by atoms with Gasteiger partial charge in [0.1, 0.15) is 0 Å². The summed E-state index contributed by atoms with van der Waals surface area (Å²) in [5.41, 5.74) is 3.63. The highest BCUT2D eigenvalue weighted by Gasteiger charge is 2.15. The molecule has 3 aromatic rings. The highest BCUT2D eigenvalue weighted by molar-refractivity contribution is 9.10. The second-order valence-corrected chi connectivity index (χ2v) is 7.09. The van der Waals surface area contributed by atoms with Gasteiger partial charge in [-0.05, 0) is 70.2 Å². The lowest BCUT2D eigenvalue weighted by Gasteiger charge is -2.17. The summed E-state index contributed by atoms with van der Waals surface area (Å²) in [5, 5.41) is 14.4. The Bertz CT molecular complexity index is 842. The van der Waals surface area contributed by atoms with Gasteiger partial charge in [-0.2, -0.15) is 0 Å². The van der Waals surface area contributed by atoms with Crippen molar-refractivity contribution in [1.82, 2.24) is 4.98 Å². The quantitative estimate of drug-likeness (QED) is 0.529. The average molecular weight is 418 g/mol. The molecule has 0 bridgehead atoms. The number of pyridine rings is 1. The molecule has 0 radical (unpaired) electrons. The molecule has 0 amide bonds. The molecule has 1 unspecified atom stereocenters. The maximum atomic E-state index is 10.6. The lowest BCUT2D eigenvalue weighted by molar-refractivity contribution is 0.202. The summed E-state index contributed by atoms with van der Waals surface area (Å²) in [6, 6.07) is 19.4. The Morgan fingerprint density at radius 2 is 1.84 bits per heavy atom.